The summed E-state index contributed by atoms with van der Waals surface area (Å²) in [6, 6.07) is 4.53. The van der Waals surface area contributed by atoms with Crippen molar-refractivity contribution in [2.75, 3.05) is 18.4 Å². The molecule has 0 aliphatic carbocycles. The first kappa shape index (κ1) is 18.8. The van der Waals surface area contributed by atoms with Crippen molar-refractivity contribution < 1.29 is 0 Å². The van der Waals surface area contributed by atoms with E-state index in [1.54, 1.807) is 23.7 Å². The van der Waals surface area contributed by atoms with E-state index in [1.165, 1.54) is 4.70 Å². The minimum absolute atomic E-state index is 0.271. The molecule has 1 fully saturated rings. The predicted octanol–water partition coefficient (Wildman–Crippen LogP) is 4.15. The van der Waals surface area contributed by atoms with E-state index < -0.39 is 0 Å². The highest BCUT2D eigenvalue weighted by atomic mass is 32.1. The molecule has 5 rings (SSSR count). The maximum atomic E-state index is 7.42. The van der Waals surface area contributed by atoms with Gasteiger partial charge in [0.15, 0.2) is 5.82 Å². The number of anilines is 1. The van der Waals surface area contributed by atoms with Crippen LogP contribution in [0.15, 0.2) is 48.2 Å². The van der Waals surface area contributed by atoms with E-state index in [2.05, 4.69) is 41.9 Å². The SMILES string of the molecule is N=Nc1ncc(-c2cnn(C3CCNCC3)c2)nc1NCc1cc2cnccc2s1. The molecule has 1 saturated heterocycles. The number of pyridine rings is 1. The van der Waals surface area contributed by atoms with E-state index in [0.29, 0.717) is 24.1 Å². The van der Waals surface area contributed by atoms with Gasteiger partial charge in [-0.05, 0) is 38.1 Å². The third-order valence-corrected chi connectivity index (χ3v) is 6.35. The summed E-state index contributed by atoms with van der Waals surface area (Å²) in [6.07, 6.45) is 11.3. The van der Waals surface area contributed by atoms with Gasteiger partial charge in [-0.1, -0.05) is 0 Å². The van der Waals surface area contributed by atoms with Gasteiger partial charge in [-0.25, -0.2) is 15.5 Å². The van der Waals surface area contributed by atoms with Gasteiger partial charge in [-0.2, -0.15) is 5.10 Å². The van der Waals surface area contributed by atoms with Crippen LogP contribution in [-0.2, 0) is 6.54 Å². The van der Waals surface area contributed by atoms with E-state index in [9.17, 15) is 0 Å². The van der Waals surface area contributed by atoms with Crippen molar-refractivity contribution in [2.24, 2.45) is 5.11 Å². The van der Waals surface area contributed by atoms with Gasteiger partial charge >= 0.3 is 0 Å². The predicted molar refractivity (Wildman–Crippen MR) is 116 cm³/mol. The van der Waals surface area contributed by atoms with E-state index in [-0.39, 0.29) is 5.82 Å². The van der Waals surface area contributed by atoms with Gasteiger partial charge in [-0.15, -0.1) is 16.5 Å². The fraction of sp³-hybridized carbons (Fsp3) is 0.300. The largest absolute Gasteiger partial charge is 0.362 e. The maximum absolute atomic E-state index is 7.42. The third kappa shape index (κ3) is 3.79. The Morgan fingerprint density at radius 1 is 1.27 bits per heavy atom. The summed E-state index contributed by atoms with van der Waals surface area (Å²) in [6.45, 7) is 2.61. The van der Waals surface area contributed by atoms with Crippen molar-refractivity contribution in [3.8, 4) is 11.3 Å². The summed E-state index contributed by atoms with van der Waals surface area (Å²) in [4.78, 5) is 14.3. The molecular weight excluding hydrogens is 398 g/mol. The summed E-state index contributed by atoms with van der Waals surface area (Å²) in [5.74, 6) is 0.764. The van der Waals surface area contributed by atoms with Crippen LogP contribution in [0.5, 0.6) is 0 Å². The Hall–Kier alpha value is -3.24. The molecule has 3 N–H and O–H groups in total. The van der Waals surface area contributed by atoms with Crippen molar-refractivity contribution >= 4 is 33.1 Å². The number of hydrogen-bond donors (Lipinski definition) is 3. The lowest BCUT2D eigenvalue weighted by atomic mass is 10.1. The number of thiophene rings is 1. The number of rotatable bonds is 6. The molecule has 1 aliphatic rings. The second-order valence-corrected chi connectivity index (χ2v) is 8.38. The van der Waals surface area contributed by atoms with Crippen LogP contribution in [0.25, 0.3) is 21.3 Å². The molecule has 4 aromatic heterocycles. The van der Waals surface area contributed by atoms with Crippen molar-refractivity contribution in [2.45, 2.75) is 25.4 Å². The first-order chi connectivity index (χ1) is 14.8. The minimum Gasteiger partial charge on any atom is -0.362 e. The average Bonchev–Trinajstić information content (AvgIpc) is 3.45. The van der Waals surface area contributed by atoms with Crippen LogP contribution >= 0.6 is 11.3 Å². The Bertz CT molecular complexity index is 1140. The van der Waals surface area contributed by atoms with Crippen LogP contribution in [-0.4, -0.2) is 37.8 Å². The molecule has 0 spiro atoms. The number of aromatic nitrogens is 5. The molecule has 0 saturated carbocycles. The van der Waals surface area contributed by atoms with Gasteiger partial charge < -0.3 is 10.6 Å². The molecule has 9 nitrogen and oxygen atoms in total. The van der Waals surface area contributed by atoms with Crippen LogP contribution in [0.4, 0.5) is 11.6 Å². The van der Waals surface area contributed by atoms with Crippen LogP contribution in [0.1, 0.15) is 23.8 Å². The van der Waals surface area contributed by atoms with Crippen LogP contribution in [0.3, 0.4) is 0 Å². The van der Waals surface area contributed by atoms with Gasteiger partial charge in [0, 0.05) is 39.1 Å². The quantitative estimate of drug-likeness (QED) is 0.404. The summed E-state index contributed by atoms with van der Waals surface area (Å²) < 4.78 is 3.22. The van der Waals surface area contributed by atoms with E-state index in [4.69, 9.17) is 5.53 Å². The van der Waals surface area contributed by atoms with Crippen molar-refractivity contribution in [3.05, 3.63) is 48.0 Å². The molecule has 4 aromatic rings. The number of hydrogen-bond acceptors (Lipinski definition) is 9. The lowest BCUT2D eigenvalue weighted by Gasteiger charge is -2.22. The molecule has 5 heterocycles. The number of nitrogens with zero attached hydrogens (tertiary/aromatic N) is 6. The third-order valence-electron chi connectivity index (χ3n) is 5.24. The summed E-state index contributed by atoms with van der Waals surface area (Å²) in [7, 11) is 0. The van der Waals surface area contributed by atoms with Crippen molar-refractivity contribution in [1.29, 1.82) is 5.53 Å². The van der Waals surface area contributed by atoms with Crippen LogP contribution in [0, 0.1) is 5.53 Å². The van der Waals surface area contributed by atoms with Crippen LogP contribution < -0.4 is 10.6 Å². The Balaban J connectivity index is 1.37. The average molecular weight is 420 g/mol. The van der Waals surface area contributed by atoms with E-state index in [0.717, 1.165) is 41.8 Å². The zero-order valence-electron chi connectivity index (χ0n) is 16.2. The van der Waals surface area contributed by atoms with Gasteiger partial charge in [0.05, 0.1) is 30.7 Å². The molecule has 0 unspecified atom stereocenters. The fourth-order valence-electron chi connectivity index (χ4n) is 3.66. The zero-order valence-corrected chi connectivity index (χ0v) is 17.1. The lowest BCUT2D eigenvalue weighted by molar-refractivity contribution is 0.343. The number of piperidine rings is 1. The van der Waals surface area contributed by atoms with Crippen molar-refractivity contribution in [3.63, 3.8) is 0 Å². The minimum atomic E-state index is 0.271. The molecule has 10 heteroatoms. The Kier molecular flexibility index (Phi) is 5.16. The fourth-order valence-corrected chi connectivity index (χ4v) is 4.63. The highest BCUT2D eigenvalue weighted by molar-refractivity contribution is 7.19. The molecule has 1 aliphatic heterocycles. The van der Waals surface area contributed by atoms with E-state index in [1.807, 2.05) is 29.3 Å². The topological polar surface area (TPSA) is 117 Å². The van der Waals surface area contributed by atoms with Gasteiger partial charge in [0.1, 0.15) is 0 Å². The summed E-state index contributed by atoms with van der Waals surface area (Å²) in [5, 5.41) is 15.8. The second kappa shape index (κ2) is 8.25. The normalized spacial score (nSPS) is 14.8. The molecule has 0 radical (unpaired) electrons. The zero-order chi connectivity index (χ0) is 20.3. The first-order valence-corrected chi connectivity index (χ1v) is 10.7. The molecule has 0 bridgehead atoms. The Morgan fingerprint density at radius 2 is 2.17 bits per heavy atom. The van der Waals surface area contributed by atoms with Crippen molar-refractivity contribution in [1.82, 2.24) is 30.0 Å². The van der Waals surface area contributed by atoms with E-state index >= 15 is 0 Å². The molecular formula is C20H21N9S. The number of nitrogens with one attached hydrogen (secondary N) is 3. The molecule has 0 aromatic carbocycles. The smallest absolute Gasteiger partial charge is 0.216 e. The van der Waals surface area contributed by atoms with Gasteiger partial charge in [0.2, 0.25) is 5.82 Å². The summed E-state index contributed by atoms with van der Waals surface area (Å²) >= 11 is 1.70. The molecule has 0 amide bonds. The molecule has 0 atom stereocenters. The Labute approximate surface area is 177 Å². The monoisotopic (exact) mass is 419 g/mol. The highest BCUT2D eigenvalue weighted by Crippen LogP contribution is 2.29. The number of fused-ring (bicyclic) bond motifs is 1. The lowest BCUT2D eigenvalue weighted by Crippen LogP contribution is -2.29. The molecule has 30 heavy (non-hydrogen) atoms. The summed E-state index contributed by atoms with van der Waals surface area (Å²) in [5.41, 5.74) is 9.05. The molecule has 152 valence electrons. The highest BCUT2D eigenvalue weighted by Gasteiger charge is 2.17. The van der Waals surface area contributed by atoms with Gasteiger partial charge in [0.25, 0.3) is 0 Å². The second-order valence-electron chi connectivity index (χ2n) is 7.21. The van der Waals surface area contributed by atoms with Gasteiger partial charge in [-0.3, -0.25) is 9.67 Å². The van der Waals surface area contributed by atoms with Crippen LogP contribution in [0.2, 0.25) is 0 Å². The Morgan fingerprint density at radius 3 is 3.00 bits per heavy atom. The first-order valence-electron chi connectivity index (χ1n) is 9.86. The standard InChI is InChI=1S/C20H21N9S/c21-28-20-19(24-10-16-7-13-8-23-6-3-18(13)30-16)27-17(11-25-20)14-9-26-29(12-14)15-1-4-22-5-2-15/h3,6-9,11-12,15,21-22H,1-2,4-5,10H2,(H,24,27). The maximum Gasteiger partial charge on any atom is 0.216 e.